The van der Waals surface area contributed by atoms with Gasteiger partial charge < -0.3 is 0 Å². The average molecular weight is 727 g/mol. The van der Waals surface area contributed by atoms with Crippen molar-refractivity contribution in [3.05, 3.63) is 198 Å². The standard InChI is InChI=1S/C52H38S2/c1-5-36(28-34(3)40-18-8-6-7-9-19-41(43-21-13-12-20-42(40)43)35(4)29-37-17-11-10-16-33(37)2)38-24-26-49-46(30-38)47-32-45-39(31-51(47)54-49)25-27-50-52(45)44-22-14-15-23-48(44)53-50/h5-32H,2,4H2,1,3H3/b7-6?,8-6?,9-7?,18-8?,19-9?,34-28+,36-5+,37-29-,40-18?,41-19?,42-40?,43-41?. The summed E-state index contributed by atoms with van der Waals surface area (Å²) in [7, 11) is 0. The van der Waals surface area contributed by atoms with Gasteiger partial charge in [0.05, 0.1) is 0 Å². The summed E-state index contributed by atoms with van der Waals surface area (Å²) >= 11 is 3.77. The fraction of sp³-hybridized carbons (Fsp3) is 0.0385. The van der Waals surface area contributed by atoms with Crippen molar-refractivity contribution in [3.63, 3.8) is 0 Å². The highest BCUT2D eigenvalue weighted by atomic mass is 32.1. The molecule has 9 aromatic rings. The molecule has 0 nitrogen and oxygen atoms in total. The molecular weight excluding hydrogens is 689 g/mol. The Morgan fingerprint density at radius 1 is 0.537 bits per heavy atom. The van der Waals surface area contributed by atoms with Gasteiger partial charge in [-0.1, -0.05) is 141 Å². The van der Waals surface area contributed by atoms with Gasteiger partial charge in [-0.2, -0.15) is 0 Å². The molecule has 0 bridgehead atoms. The molecule has 0 aliphatic heterocycles. The third kappa shape index (κ3) is 6.04. The summed E-state index contributed by atoms with van der Waals surface area (Å²) in [5, 5.41) is 12.3. The van der Waals surface area contributed by atoms with Crippen LogP contribution >= 0.6 is 22.7 Å². The molecular formula is C52H38S2. The summed E-state index contributed by atoms with van der Waals surface area (Å²) in [6.45, 7) is 13.2. The number of fused-ring (bicyclic) bond motifs is 9. The molecule has 0 unspecified atom stereocenters. The monoisotopic (exact) mass is 726 g/mol. The van der Waals surface area contributed by atoms with Gasteiger partial charge in [0.15, 0.2) is 0 Å². The van der Waals surface area contributed by atoms with E-state index in [1.165, 1.54) is 78.8 Å². The minimum Gasteiger partial charge on any atom is -0.135 e. The fourth-order valence-corrected chi connectivity index (χ4v) is 10.0. The highest BCUT2D eigenvalue weighted by Gasteiger charge is 2.14. The number of hydrogen-bond acceptors (Lipinski definition) is 2. The molecule has 0 radical (unpaired) electrons. The molecule has 0 fully saturated rings. The van der Waals surface area contributed by atoms with Crippen molar-refractivity contribution in [1.29, 1.82) is 0 Å². The van der Waals surface area contributed by atoms with E-state index >= 15 is 0 Å². The van der Waals surface area contributed by atoms with Crippen molar-refractivity contribution < 1.29 is 0 Å². The highest BCUT2D eigenvalue weighted by Crippen LogP contribution is 2.43. The fourth-order valence-electron chi connectivity index (χ4n) is 7.77. The number of hydrogen-bond donors (Lipinski definition) is 0. The van der Waals surface area contributed by atoms with Crippen LogP contribution in [0.15, 0.2) is 170 Å². The Kier molecular flexibility index (Phi) is 8.79. The van der Waals surface area contributed by atoms with E-state index in [1.54, 1.807) is 0 Å². The van der Waals surface area contributed by atoms with E-state index in [-0.39, 0.29) is 0 Å². The van der Waals surface area contributed by atoms with Gasteiger partial charge in [-0.3, -0.25) is 0 Å². The summed E-state index contributed by atoms with van der Waals surface area (Å²) < 4.78 is 5.32. The van der Waals surface area contributed by atoms with Gasteiger partial charge in [0.25, 0.3) is 0 Å². The van der Waals surface area contributed by atoms with Crippen LogP contribution in [0.25, 0.3) is 91.3 Å². The Morgan fingerprint density at radius 3 is 1.96 bits per heavy atom. The molecule has 0 saturated carbocycles. The SMILES string of the molecule is C=C(/C=c1/ccccc1=C)c1ccccccc(/C(C)=C/C(=C\C)c2ccc3sc4cc5ccc6sc7ccccc7c6c5cc4c3c2)c2ccccc12. The van der Waals surface area contributed by atoms with Crippen molar-refractivity contribution in [3.8, 4) is 0 Å². The van der Waals surface area contributed by atoms with Crippen LogP contribution in [0.2, 0.25) is 0 Å². The zero-order valence-electron chi connectivity index (χ0n) is 30.4. The minimum absolute atomic E-state index is 0.944. The number of benzene rings is 6. The third-order valence-corrected chi connectivity index (χ3v) is 12.8. The second-order valence-electron chi connectivity index (χ2n) is 13.8. The third-order valence-electron chi connectivity index (χ3n) is 10.5. The molecule has 0 amide bonds. The van der Waals surface area contributed by atoms with Crippen molar-refractivity contribution >= 4 is 114 Å². The molecule has 0 aliphatic rings. The van der Waals surface area contributed by atoms with E-state index in [0.717, 1.165) is 27.0 Å². The Morgan fingerprint density at radius 2 is 1.17 bits per heavy atom. The quantitative estimate of drug-likeness (QED) is 0.155. The smallest absolute Gasteiger partial charge is 0.0361 e. The maximum atomic E-state index is 4.55. The zero-order chi connectivity index (χ0) is 36.8. The second kappa shape index (κ2) is 14.1. The first-order valence-corrected chi connectivity index (χ1v) is 20.0. The highest BCUT2D eigenvalue weighted by molar-refractivity contribution is 7.26. The summed E-state index contributed by atoms with van der Waals surface area (Å²) in [4.78, 5) is 0. The van der Waals surface area contributed by atoms with Gasteiger partial charge in [0.1, 0.15) is 0 Å². The average Bonchev–Trinajstić information content (AvgIpc) is 3.76. The summed E-state index contributed by atoms with van der Waals surface area (Å²) in [5.41, 5.74) is 6.80. The van der Waals surface area contributed by atoms with Gasteiger partial charge in [0.2, 0.25) is 0 Å². The molecule has 0 aliphatic carbocycles. The molecule has 0 N–H and O–H groups in total. The van der Waals surface area contributed by atoms with E-state index < -0.39 is 0 Å². The van der Waals surface area contributed by atoms with Crippen LogP contribution in [-0.4, -0.2) is 0 Å². The summed E-state index contributed by atoms with van der Waals surface area (Å²) in [6.07, 6.45) is 6.72. The van der Waals surface area contributed by atoms with Crippen LogP contribution in [0, 0.1) is 0 Å². The minimum atomic E-state index is 0.944. The molecule has 2 heteroatoms. The molecule has 2 aromatic heterocycles. The van der Waals surface area contributed by atoms with Crippen molar-refractivity contribution in [2.24, 2.45) is 0 Å². The molecule has 0 saturated heterocycles. The van der Waals surface area contributed by atoms with E-state index in [4.69, 9.17) is 0 Å². The summed E-state index contributed by atoms with van der Waals surface area (Å²) in [6, 6.07) is 54.9. The topological polar surface area (TPSA) is 0 Å². The molecule has 258 valence electrons. The first kappa shape index (κ1) is 33.8. The van der Waals surface area contributed by atoms with Crippen molar-refractivity contribution in [2.45, 2.75) is 13.8 Å². The lowest BCUT2D eigenvalue weighted by Gasteiger charge is -2.11. The van der Waals surface area contributed by atoms with Crippen molar-refractivity contribution in [1.82, 2.24) is 0 Å². The van der Waals surface area contributed by atoms with Gasteiger partial charge in [-0.25, -0.2) is 0 Å². The Bertz CT molecular complexity index is 3220. The molecule has 54 heavy (non-hydrogen) atoms. The lowest BCUT2D eigenvalue weighted by atomic mass is 9.93. The largest absolute Gasteiger partial charge is 0.135 e. The maximum Gasteiger partial charge on any atom is 0.0361 e. The van der Waals surface area contributed by atoms with E-state index in [0.29, 0.717) is 0 Å². The number of thiophene rings is 2. The lowest BCUT2D eigenvalue weighted by Crippen LogP contribution is -2.21. The van der Waals surface area contributed by atoms with E-state index in [1.807, 2.05) is 40.9 Å². The second-order valence-corrected chi connectivity index (χ2v) is 16.0. The van der Waals surface area contributed by atoms with Crippen LogP contribution in [0.1, 0.15) is 30.5 Å². The number of allylic oxidation sites excluding steroid dienone is 5. The first-order valence-electron chi connectivity index (χ1n) is 18.3. The number of rotatable bonds is 5. The molecule has 0 atom stereocenters. The van der Waals surface area contributed by atoms with Crippen LogP contribution in [0.4, 0.5) is 0 Å². The Labute approximate surface area is 323 Å². The summed E-state index contributed by atoms with van der Waals surface area (Å²) in [5.74, 6) is 0. The van der Waals surface area contributed by atoms with Gasteiger partial charge in [-0.05, 0) is 122 Å². The van der Waals surface area contributed by atoms with E-state index in [9.17, 15) is 0 Å². The van der Waals surface area contributed by atoms with Crippen molar-refractivity contribution in [2.75, 3.05) is 0 Å². The van der Waals surface area contributed by atoms with Gasteiger partial charge in [-0.15, -0.1) is 22.7 Å². The molecule has 7 aromatic carbocycles. The molecule has 2 heterocycles. The lowest BCUT2D eigenvalue weighted by molar-refractivity contribution is 1.53. The van der Waals surface area contributed by atoms with Crippen LogP contribution < -0.4 is 10.4 Å². The zero-order valence-corrected chi connectivity index (χ0v) is 32.0. The molecule has 9 rings (SSSR count). The van der Waals surface area contributed by atoms with Crippen LogP contribution in [0.3, 0.4) is 0 Å². The van der Waals surface area contributed by atoms with Gasteiger partial charge >= 0.3 is 0 Å². The maximum absolute atomic E-state index is 4.55. The van der Waals surface area contributed by atoms with Crippen LogP contribution in [0.5, 0.6) is 0 Å². The predicted molar refractivity (Wildman–Crippen MR) is 243 cm³/mol. The van der Waals surface area contributed by atoms with Gasteiger partial charge in [0, 0.05) is 40.3 Å². The Balaban J connectivity index is 1.18. The first-order chi connectivity index (χ1) is 26.5. The predicted octanol–water partition coefficient (Wildman–Crippen LogP) is 14.3. The van der Waals surface area contributed by atoms with Crippen LogP contribution in [-0.2, 0) is 0 Å². The Hall–Kier alpha value is -6.06. The molecule has 0 spiro atoms. The van der Waals surface area contributed by atoms with E-state index in [2.05, 4.69) is 179 Å². The normalized spacial score (nSPS) is 12.7.